The van der Waals surface area contributed by atoms with Crippen LogP contribution in [0.15, 0.2) is 17.6 Å². The average molecular weight is 366 g/mol. The minimum absolute atomic E-state index is 0.104. The maximum atomic E-state index is 13.9. The summed E-state index contributed by atoms with van der Waals surface area (Å²) in [6.45, 7) is 1.85. The molecule has 1 aliphatic rings. The van der Waals surface area contributed by atoms with Crippen molar-refractivity contribution in [1.29, 1.82) is 0 Å². The Kier molecular flexibility index (Phi) is 3.75. The van der Waals surface area contributed by atoms with E-state index in [1.807, 2.05) is 0 Å². The molecule has 1 aromatic carbocycles. The fourth-order valence-electron chi connectivity index (χ4n) is 3.12. The molecular weight excluding hydrogens is 353 g/mol. The van der Waals surface area contributed by atoms with Gasteiger partial charge in [-0.25, -0.2) is 23.1 Å². The van der Waals surface area contributed by atoms with Gasteiger partial charge in [-0.1, -0.05) is 6.07 Å². The number of benzene rings is 1. The van der Waals surface area contributed by atoms with E-state index in [0.29, 0.717) is 28.1 Å². The number of halogens is 3. The first kappa shape index (κ1) is 16.1. The summed E-state index contributed by atoms with van der Waals surface area (Å²) in [7, 11) is 0. The molecule has 1 unspecified atom stereocenters. The van der Waals surface area contributed by atoms with Crippen LogP contribution in [0.3, 0.4) is 0 Å². The van der Waals surface area contributed by atoms with Crippen molar-refractivity contribution in [3.05, 3.63) is 45.4 Å². The second-order valence-electron chi connectivity index (χ2n) is 5.86. The number of alkyl halides is 2. The second kappa shape index (κ2) is 5.83. The summed E-state index contributed by atoms with van der Waals surface area (Å²) in [5, 5.41) is 0. The number of carbonyl (C=O) groups is 1. The lowest BCUT2D eigenvalue weighted by molar-refractivity contribution is 0.0170. The van der Waals surface area contributed by atoms with Crippen molar-refractivity contribution in [3.8, 4) is 0 Å². The molecule has 0 saturated carbocycles. The smallest absolute Gasteiger partial charge is 0.290 e. The molecule has 3 heterocycles. The molecule has 3 aromatic rings. The molecule has 1 N–H and O–H groups in total. The zero-order chi connectivity index (χ0) is 17.7. The van der Waals surface area contributed by atoms with Gasteiger partial charge in [0.05, 0.1) is 21.6 Å². The normalized spacial score (nSPS) is 17.3. The molecule has 2 aromatic heterocycles. The van der Waals surface area contributed by atoms with Crippen molar-refractivity contribution in [2.75, 3.05) is 6.54 Å². The van der Waals surface area contributed by atoms with E-state index in [0.717, 1.165) is 16.2 Å². The molecule has 25 heavy (non-hydrogen) atoms. The molecule has 5 nitrogen and oxygen atoms in total. The largest absolute Gasteiger partial charge is 0.331 e. The number of aromatic nitrogens is 3. The number of imidazole rings is 1. The average Bonchev–Trinajstić information content (AvgIpc) is 3.23. The van der Waals surface area contributed by atoms with Crippen LogP contribution in [0.2, 0.25) is 0 Å². The van der Waals surface area contributed by atoms with Crippen LogP contribution in [-0.2, 0) is 6.42 Å². The van der Waals surface area contributed by atoms with E-state index in [9.17, 15) is 18.0 Å². The number of hydrogen-bond acceptors (Lipinski definition) is 4. The van der Waals surface area contributed by atoms with Crippen molar-refractivity contribution in [3.63, 3.8) is 0 Å². The van der Waals surface area contributed by atoms with Crippen molar-refractivity contribution in [1.82, 2.24) is 19.9 Å². The molecular formula is C16H13F3N4OS. The molecule has 0 radical (unpaired) electrons. The fourth-order valence-corrected chi connectivity index (χ4v) is 4.07. The van der Waals surface area contributed by atoms with E-state index >= 15 is 0 Å². The Morgan fingerprint density at radius 3 is 2.96 bits per heavy atom. The standard InChI is InChI=1S/C16H13F3N4OS/c1-7-2-3-8(17)11-10(7)21-15(22-11)16(24)23-5-4-9-13(25-6-20-9)12(23)14(18)19/h2-3,6,12,14H,4-5H2,1H3,(H,21,22). The van der Waals surface area contributed by atoms with Crippen LogP contribution in [0.1, 0.15) is 32.8 Å². The summed E-state index contributed by atoms with van der Waals surface area (Å²) in [6, 6.07) is 1.47. The van der Waals surface area contributed by atoms with Crippen molar-refractivity contribution >= 4 is 28.3 Å². The highest BCUT2D eigenvalue weighted by Crippen LogP contribution is 2.37. The van der Waals surface area contributed by atoms with Crippen molar-refractivity contribution in [2.45, 2.75) is 25.8 Å². The van der Waals surface area contributed by atoms with Gasteiger partial charge in [0, 0.05) is 13.0 Å². The Labute approximate surface area is 144 Å². The maximum absolute atomic E-state index is 13.9. The molecule has 0 spiro atoms. The lowest BCUT2D eigenvalue weighted by Gasteiger charge is -2.33. The number of aromatic amines is 1. The van der Waals surface area contributed by atoms with Gasteiger partial charge < -0.3 is 9.88 Å². The summed E-state index contributed by atoms with van der Waals surface area (Å²) in [5.41, 5.74) is 3.24. The SMILES string of the molecule is Cc1ccc(F)c2[nH]c(C(=O)N3CCc4ncsc4C3C(F)F)nc12. The molecule has 130 valence electrons. The minimum Gasteiger partial charge on any atom is -0.331 e. The van der Waals surface area contributed by atoms with E-state index < -0.39 is 24.2 Å². The lowest BCUT2D eigenvalue weighted by atomic mass is 10.1. The van der Waals surface area contributed by atoms with E-state index in [-0.39, 0.29) is 17.9 Å². The van der Waals surface area contributed by atoms with Crippen LogP contribution >= 0.6 is 11.3 Å². The number of aryl methyl sites for hydroxylation is 1. The summed E-state index contributed by atoms with van der Waals surface area (Å²) >= 11 is 1.11. The fraction of sp³-hybridized carbons (Fsp3) is 0.312. The highest BCUT2D eigenvalue weighted by Gasteiger charge is 2.40. The van der Waals surface area contributed by atoms with Crippen LogP contribution in [0.5, 0.6) is 0 Å². The van der Waals surface area contributed by atoms with Gasteiger partial charge in [0.1, 0.15) is 17.4 Å². The number of rotatable bonds is 2. The van der Waals surface area contributed by atoms with Gasteiger partial charge in [-0.05, 0) is 18.6 Å². The first-order valence-electron chi connectivity index (χ1n) is 7.63. The first-order valence-corrected chi connectivity index (χ1v) is 8.51. The molecule has 1 atom stereocenters. The summed E-state index contributed by atoms with van der Waals surface area (Å²) in [6.07, 6.45) is -2.34. The zero-order valence-electron chi connectivity index (χ0n) is 13.1. The lowest BCUT2D eigenvalue weighted by Crippen LogP contribution is -2.43. The Morgan fingerprint density at radius 1 is 1.44 bits per heavy atom. The number of hydrogen-bond donors (Lipinski definition) is 1. The number of carbonyl (C=O) groups excluding carboxylic acids is 1. The molecule has 0 aliphatic carbocycles. The number of nitrogens with one attached hydrogen (secondary N) is 1. The number of H-pyrrole nitrogens is 1. The van der Waals surface area contributed by atoms with E-state index in [4.69, 9.17) is 0 Å². The summed E-state index contributed by atoms with van der Waals surface area (Å²) in [5.74, 6) is -1.35. The van der Waals surface area contributed by atoms with Crippen LogP contribution in [-0.4, -0.2) is 38.7 Å². The predicted molar refractivity (Wildman–Crippen MR) is 86.4 cm³/mol. The van der Waals surface area contributed by atoms with Gasteiger partial charge in [0.15, 0.2) is 5.82 Å². The van der Waals surface area contributed by atoms with Crippen LogP contribution in [0.4, 0.5) is 13.2 Å². The first-order chi connectivity index (χ1) is 12.0. The molecule has 0 bridgehead atoms. The third-order valence-electron chi connectivity index (χ3n) is 4.36. The van der Waals surface area contributed by atoms with Gasteiger partial charge in [-0.3, -0.25) is 4.79 Å². The quantitative estimate of drug-likeness (QED) is 0.755. The van der Waals surface area contributed by atoms with Gasteiger partial charge in [-0.15, -0.1) is 11.3 Å². The van der Waals surface area contributed by atoms with Gasteiger partial charge in [0.25, 0.3) is 12.3 Å². The third kappa shape index (κ3) is 2.50. The van der Waals surface area contributed by atoms with E-state index in [1.165, 1.54) is 11.6 Å². The van der Waals surface area contributed by atoms with E-state index in [1.54, 1.807) is 13.0 Å². The van der Waals surface area contributed by atoms with Crippen molar-refractivity contribution < 1.29 is 18.0 Å². The Hall–Kier alpha value is -2.42. The van der Waals surface area contributed by atoms with Crippen LogP contribution in [0, 0.1) is 12.7 Å². The van der Waals surface area contributed by atoms with E-state index in [2.05, 4.69) is 15.0 Å². The molecule has 1 aliphatic heterocycles. The minimum atomic E-state index is -2.74. The van der Waals surface area contributed by atoms with Gasteiger partial charge in [0.2, 0.25) is 0 Å². The summed E-state index contributed by atoms with van der Waals surface area (Å²) < 4.78 is 41.2. The second-order valence-corrected chi connectivity index (χ2v) is 6.75. The molecule has 0 fully saturated rings. The molecule has 4 rings (SSSR count). The molecule has 1 amide bonds. The number of nitrogens with zero attached hydrogens (tertiary/aromatic N) is 3. The number of thiazole rings is 1. The highest BCUT2D eigenvalue weighted by atomic mass is 32.1. The highest BCUT2D eigenvalue weighted by molar-refractivity contribution is 7.09. The van der Waals surface area contributed by atoms with Crippen LogP contribution in [0.25, 0.3) is 11.0 Å². The Balaban J connectivity index is 1.76. The Morgan fingerprint density at radius 2 is 2.24 bits per heavy atom. The molecule has 0 saturated heterocycles. The third-order valence-corrected chi connectivity index (χ3v) is 5.31. The monoisotopic (exact) mass is 366 g/mol. The number of fused-ring (bicyclic) bond motifs is 2. The summed E-state index contributed by atoms with van der Waals surface area (Å²) in [4.78, 5) is 25.2. The maximum Gasteiger partial charge on any atom is 0.290 e. The molecule has 9 heteroatoms. The topological polar surface area (TPSA) is 61.9 Å². The van der Waals surface area contributed by atoms with Crippen LogP contribution < -0.4 is 0 Å². The van der Waals surface area contributed by atoms with Gasteiger partial charge >= 0.3 is 0 Å². The zero-order valence-corrected chi connectivity index (χ0v) is 13.9. The Bertz CT molecular complexity index is 929. The van der Waals surface area contributed by atoms with Gasteiger partial charge in [-0.2, -0.15) is 0 Å². The van der Waals surface area contributed by atoms with Crippen molar-refractivity contribution in [2.24, 2.45) is 0 Å². The number of amides is 1. The predicted octanol–water partition coefficient (Wildman–Crippen LogP) is 3.47.